The maximum absolute atomic E-state index is 12.6. The van der Waals surface area contributed by atoms with Gasteiger partial charge in [0.15, 0.2) is 10.8 Å². The van der Waals surface area contributed by atoms with Crippen LogP contribution < -0.4 is 20.9 Å². The van der Waals surface area contributed by atoms with Crippen LogP contribution in [-0.4, -0.2) is 22.5 Å². The number of carbonyl (C=O) groups excluding carboxylic acids is 1. The molecule has 0 fully saturated rings. The van der Waals surface area contributed by atoms with Gasteiger partial charge in [-0.1, -0.05) is 18.2 Å². The molecule has 0 bridgehead atoms. The quantitative estimate of drug-likeness (QED) is 0.553. The lowest BCUT2D eigenvalue weighted by molar-refractivity contribution is 0.0953. The number of thiocarbonyl (C=S) groups is 1. The fraction of sp³-hybridized carbons (Fsp3) is 0.0625. The molecule has 1 amide bonds. The topological polar surface area (TPSA) is 80.5 Å². The van der Waals surface area contributed by atoms with E-state index in [0.29, 0.717) is 17.1 Å². The molecule has 0 atom stereocenters. The van der Waals surface area contributed by atoms with Crippen molar-refractivity contribution in [2.75, 3.05) is 12.1 Å². The standard InChI is InChI=1S/C16H14N4O2S2/c1-22-11-8-6-10(7-9-11)20(16(17)23)18-15(21)14-12-4-2-3-5-13(12)24-19-14/h2-9H,1H3,(H2,17,23)(H,18,21). The number of carbonyl (C=O) groups is 1. The third kappa shape index (κ3) is 3.15. The lowest BCUT2D eigenvalue weighted by atomic mass is 10.2. The van der Waals surface area contributed by atoms with Gasteiger partial charge in [-0.15, -0.1) is 0 Å². The number of amides is 1. The molecule has 0 unspecified atom stereocenters. The van der Waals surface area contributed by atoms with Crippen LogP contribution in [0.1, 0.15) is 10.5 Å². The molecule has 2 aromatic carbocycles. The van der Waals surface area contributed by atoms with Gasteiger partial charge in [-0.3, -0.25) is 10.2 Å². The van der Waals surface area contributed by atoms with Gasteiger partial charge in [-0.2, -0.15) is 4.37 Å². The number of anilines is 1. The zero-order valence-electron chi connectivity index (χ0n) is 12.7. The second-order valence-electron chi connectivity index (χ2n) is 4.84. The van der Waals surface area contributed by atoms with Crippen LogP contribution in [0.5, 0.6) is 5.75 Å². The zero-order chi connectivity index (χ0) is 17.1. The summed E-state index contributed by atoms with van der Waals surface area (Å²) >= 11 is 6.31. The molecule has 0 spiro atoms. The molecule has 3 rings (SSSR count). The number of benzene rings is 2. The fourth-order valence-corrected chi connectivity index (χ4v) is 3.11. The number of fused-ring (bicyclic) bond motifs is 1. The number of hydrogen-bond donors (Lipinski definition) is 2. The lowest BCUT2D eigenvalue weighted by Crippen LogP contribution is -2.49. The van der Waals surface area contributed by atoms with E-state index in [1.807, 2.05) is 24.3 Å². The Balaban J connectivity index is 1.87. The van der Waals surface area contributed by atoms with Gasteiger partial charge in [0.25, 0.3) is 5.91 Å². The number of methoxy groups -OCH3 is 1. The third-order valence-electron chi connectivity index (χ3n) is 3.36. The van der Waals surface area contributed by atoms with E-state index in [4.69, 9.17) is 22.7 Å². The number of nitrogens with one attached hydrogen (secondary N) is 1. The van der Waals surface area contributed by atoms with E-state index in [-0.39, 0.29) is 11.0 Å². The molecule has 3 aromatic rings. The van der Waals surface area contributed by atoms with Gasteiger partial charge < -0.3 is 10.5 Å². The summed E-state index contributed by atoms with van der Waals surface area (Å²) in [7, 11) is 1.58. The lowest BCUT2D eigenvalue weighted by Gasteiger charge is -2.23. The van der Waals surface area contributed by atoms with Crippen molar-refractivity contribution in [2.45, 2.75) is 0 Å². The summed E-state index contributed by atoms with van der Waals surface area (Å²) in [6, 6.07) is 14.5. The fourth-order valence-electron chi connectivity index (χ4n) is 2.18. The summed E-state index contributed by atoms with van der Waals surface area (Å²) in [6.07, 6.45) is 0. The maximum Gasteiger partial charge on any atom is 0.290 e. The molecule has 122 valence electrons. The zero-order valence-corrected chi connectivity index (χ0v) is 14.4. The molecule has 6 nitrogen and oxygen atoms in total. The van der Waals surface area contributed by atoms with Crippen molar-refractivity contribution in [3.05, 3.63) is 54.2 Å². The van der Waals surface area contributed by atoms with Crippen molar-refractivity contribution in [3.63, 3.8) is 0 Å². The molecule has 3 N–H and O–H groups in total. The minimum absolute atomic E-state index is 0.0213. The van der Waals surface area contributed by atoms with Crippen molar-refractivity contribution in [1.82, 2.24) is 9.80 Å². The molecule has 0 aliphatic carbocycles. The minimum atomic E-state index is -0.379. The van der Waals surface area contributed by atoms with Gasteiger partial charge in [-0.05, 0) is 54.1 Å². The molecule has 24 heavy (non-hydrogen) atoms. The Morgan fingerprint density at radius 3 is 2.62 bits per heavy atom. The molecule has 0 saturated carbocycles. The largest absolute Gasteiger partial charge is 0.497 e. The predicted octanol–water partition coefficient (Wildman–Crippen LogP) is 2.70. The van der Waals surface area contributed by atoms with Crippen LogP contribution >= 0.6 is 23.8 Å². The Morgan fingerprint density at radius 1 is 1.25 bits per heavy atom. The average Bonchev–Trinajstić information content (AvgIpc) is 3.03. The van der Waals surface area contributed by atoms with Gasteiger partial charge in [0.2, 0.25) is 0 Å². The molecular formula is C16H14N4O2S2. The van der Waals surface area contributed by atoms with E-state index in [9.17, 15) is 4.79 Å². The highest BCUT2D eigenvalue weighted by atomic mass is 32.1. The number of ether oxygens (including phenoxy) is 1. The summed E-state index contributed by atoms with van der Waals surface area (Å²) in [5.74, 6) is 0.314. The first-order valence-electron chi connectivity index (χ1n) is 6.99. The predicted molar refractivity (Wildman–Crippen MR) is 99.3 cm³/mol. The molecule has 0 saturated heterocycles. The maximum atomic E-state index is 12.6. The van der Waals surface area contributed by atoms with Crippen LogP contribution in [0.15, 0.2) is 48.5 Å². The number of rotatable bonds is 3. The second-order valence-corrected chi connectivity index (χ2v) is 6.06. The van der Waals surface area contributed by atoms with Gasteiger partial charge in [-0.25, -0.2) is 5.01 Å². The summed E-state index contributed by atoms with van der Waals surface area (Å²) in [5.41, 5.74) is 9.40. The Hall–Kier alpha value is -2.71. The average molecular weight is 358 g/mol. The molecule has 0 aliphatic rings. The van der Waals surface area contributed by atoms with E-state index in [0.717, 1.165) is 10.1 Å². The van der Waals surface area contributed by atoms with E-state index in [1.165, 1.54) is 16.5 Å². The van der Waals surface area contributed by atoms with Crippen molar-refractivity contribution >= 4 is 50.5 Å². The molecule has 0 radical (unpaired) electrons. The van der Waals surface area contributed by atoms with Gasteiger partial charge in [0.1, 0.15) is 5.75 Å². The number of nitrogens with zero attached hydrogens (tertiary/aromatic N) is 2. The van der Waals surface area contributed by atoms with E-state index in [2.05, 4.69) is 9.80 Å². The van der Waals surface area contributed by atoms with E-state index < -0.39 is 0 Å². The normalized spacial score (nSPS) is 10.4. The summed E-state index contributed by atoms with van der Waals surface area (Å²) < 4.78 is 10.3. The van der Waals surface area contributed by atoms with Crippen LogP contribution in [0.2, 0.25) is 0 Å². The van der Waals surface area contributed by atoms with Gasteiger partial charge >= 0.3 is 0 Å². The Bertz CT molecular complexity index is 892. The van der Waals surface area contributed by atoms with Crippen LogP contribution in [-0.2, 0) is 0 Å². The molecule has 1 aromatic heterocycles. The SMILES string of the molecule is COc1ccc(N(NC(=O)c2nsc3ccccc23)C(N)=S)cc1. The summed E-state index contributed by atoms with van der Waals surface area (Å²) in [4.78, 5) is 12.6. The Labute approximate surface area is 148 Å². The molecule has 1 heterocycles. The first-order chi connectivity index (χ1) is 11.6. The van der Waals surface area contributed by atoms with Gasteiger partial charge in [0.05, 0.1) is 17.5 Å². The van der Waals surface area contributed by atoms with Crippen LogP contribution in [0.3, 0.4) is 0 Å². The Kier molecular flexibility index (Phi) is 4.59. The van der Waals surface area contributed by atoms with Crippen molar-refractivity contribution in [1.29, 1.82) is 0 Å². The highest BCUT2D eigenvalue weighted by molar-refractivity contribution is 7.80. The number of hydrazine groups is 1. The van der Waals surface area contributed by atoms with Crippen molar-refractivity contribution in [3.8, 4) is 5.75 Å². The summed E-state index contributed by atoms with van der Waals surface area (Å²) in [6.45, 7) is 0. The van der Waals surface area contributed by atoms with Crippen LogP contribution in [0.25, 0.3) is 10.1 Å². The van der Waals surface area contributed by atoms with E-state index in [1.54, 1.807) is 31.4 Å². The number of nitrogens with two attached hydrogens (primary N) is 1. The molecule has 8 heteroatoms. The smallest absolute Gasteiger partial charge is 0.290 e. The van der Waals surface area contributed by atoms with Crippen molar-refractivity contribution in [2.24, 2.45) is 5.73 Å². The monoisotopic (exact) mass is 358 g/mol. The first-order valence-corrected chi connectivity index (χ1v) is 8.17. The first kappa shape index (κ1) is 16.2. The number of hydrogen-bond acceptors (Lipinski definition) is 5. The second kappa shape index (κ2) is 6.81. The summed E-state index contributed by atoms with van der Waals surface area (Å²) in [5, 5.41) is 2.15. The number of aromatic nitrogens is 1. The molecule has 0 aliphatic heterocycles. The highest BCUT2D eigenvalue weighted by Gasteiger charge is 2.19. The Morgan fingerprint density at radius 2 is 1.96 bits per heavy atom. The highest BCUT2D eigenvalue weighted by Crippen LogP contribution is 2.23. The van der Waals surface area contributed by atoms with Crippen LogP contribution in [0, 0.1) is 0 Å². The molecular weight excluding hydrogens is 344 g/mol. The van der Waals surface area contributed by atoms with E-state index >= 15 is 0 Å². The van der Waals surface area contributed by atoms with Crippen molar-refractivity contribution < 1.29 is 9.53 Å². The third-order valence-corrected chi connectivity index (χ3v) is 4.37. The minimum Gasteiger partial charge on any atom is -0.497 e. The van der Waals surface area contributed by atoms with Crippen LogP contribution in [0.4, 0.5) is 5.69 Å². The van der Waals surface area contributed by atoms with Gasteiger partial charge in [0, 0.05) is 5.39 Å².